The van der Waals surface area contributed by atoms with Gasteiger partial charge in [0.1, 0.15) is 5.82 Å². The van der Waals surface area contributed by atoms with Gasteiger partial charge in [-0.15, -0.1) is 0 Å². The number of hydrogen-bond donors (Lipinski definition) is 1. The molecule has 20 heavy (non-hydrogen) atoms. The van der Waals surface area contributed by atoms with Gasteiger partial charge in [-0.2, -0.15) is 0 Å². The van der Waals surface area contributed by atoms with Crippen LogP contribution in [0.3, 0.4) is 0 Å². The van der Waals surface area contributed by atoms with Crippen LogP contribution in [0.4, 0.5) is 13.2 Å². The van der Waals surface area contributed by atoms with Crippen LogP contribution in [0.15, 0.2) is 30.3 Å². The highest BCUT2D eigenvalue weighted by Crippen LogP contribution is 2.31. The van der Waals surface area contributed by atoms with E-state index >= 15 is 0 Å². The summed E-state index contributed by atoms with van der Waals surface area (Å²) in [5.41, 5.74) is 1.10. The number of rotatable bonds is 3. The number of hydrogen-bond acceptors (Lipinski definition) is 1. The van der Waals surface area contributed by atoms with Crippen molar-refractivity contribution in [1.82, 2.24) is 5.32 Å². The van der Waals surface area contributed by atoms with Gasteiger partial charge in [0, 0.05) is 10.6 Å². The molecule has 0 aliphatic heterocycles. The first-order valence-corrected chi connectivity index (χ1v) is 6.40. The van der Waals surface area contributed by atoms with Crippen LogP contribution in [0.2, 0.25) is 5.02 Å². The number of halogens is 4. The SMILES string of the molecule is CNC(c1cc(F)c(F)cc1Cl)c1cccc(C)c1F. The van der Waals surface area contributed by atoms with Gasteiger partial charge in [0.25, 0.3) is 0 Å². The molecule has 0 fully saturated rings. The van der Waals surface area contributed by atoms with Gasteiger partial charge in [-0.1, -0.05) is 29.8 Å². The van der Waals surface area contributed by atoms with Gasteiger partial charge in [0.05, 0.1) is 6.04 Å². The molecule has 5 heteroatoms. The van der Waals surface area contributed by atoms with Crippen molar-refractivity contribution in [2.75, 3.05) is 7.05 Å². The minimum absolute atomic E-state index is 0.0455. The summed E-state index contributed by atoms with van der Waals surface area (Å²) < 4.78 is 40.7. The second-order valence-corrected chi connectivity index (χ2v) is 4.89. The molecule has 1 nitrogen and oxygen atoms in total. The summed E-state index contributed by atoms with van der Waals surface area (Å²) in [6.45, 7) is 1.64. The van der Waals surface area contributed by atoms with Crippen LogP contribution < -0.4 is 5.32 Å². The molecule has 0 bridgehead atoms. The third-order valence-corrected chi connectivity index (χ3v) is 3.50. The molecule has 0 saturated heterocycles. The molecule has 0 radical (unpaired) electrons. The van der Waals surface area contributed by atoms with Crippen molar-refractivity contribution >= 4 is 11.6 Å². The van der Waals surface area contributed by atoms with Gasteiger partial charge in [-0.05, 0) is 37.2 Å². The number of aryl methyl sites for hydroxylation is 1. The highest BCUT2D eigenvalue weighted by molar-refractivity contribution is 6.31. The Balaban J connectivity index is 2.58. The van der Waals surface area contributed by atoms with E-state index in [9.17, 15) is 13.2 Å². The van der Waals surface area contributed by atoms with Gasteiger partial charge in [-0.3, -0.25) is 0 Å². The Labute approximate surface area is 120 Å². The summed E-state index contributed by atoms with van der Waals surface area (Å²) in [6, 6.07) is 6.15. The van der Waals surface area contributed by atoms with E-state index in [2.05, 4.69) is 5.32 Å². The summed E-state index contributed by atoms with van der Waals surface area (Å²) >= 11 is 5.95. The maximum absolute atomic E-state index is 14.2. The maximum atomic E-state index is 14.2. The molecule has 0 aliphatic carbocycles. The molecule has 106 valence electrons. The first kappa shape index (κ1) is 14.9. The summed E-state index contributed by atoms with van der Waals surface area (Å²) in [6.07, 6.45) is 0. The molecule has 0 saturated carbocycles. The molecular weight excluding hydrogens is 287 g/mol. The summed E-state index contributed by atoms with van der Waals surface area (Å²) in [4.78, 5) is 0. The van der Waals surface area contributed by atoms with Crippen LogP contribution in [0.1, 0.15) is 22.7 Å². The Bertz CT molecular complexity index is 643. The van der Waals surface area contributed by atoms with Crippen molar-refractivity contribution in [3.63, 3.8) is 0 Å². The predicted octanol–water partition coefficient (Wildman–Crippen LogP) is 4.37. The van der Waals surface area contributed by atoms with Gasteiger partial charge in [-0.25, -0.2) is 13.2 Å². The molecule has 2 aromatic carbocycles. The molecule has 0 amide bonds. The van der Waals surface area contributed by atoms with Crippen LogP contribution in [-0.4, -0.2) is 7.05 Å². The summed E-state index contributed by atoms with van der Waals surface area (Å²) in [5, 5.41) is 2.92. The molecule has 1 atom stereocenters. The molecular formula is C15H13ClF3N. The average molecular weight is 300 g/mol. The summed E-state index contributed by atoms with van der Waals surface area (Å²) in [7, 11) is 1.60. The van der Waals surface area contributed by atoms with Crippen molar-refractivity contribution in [2.24, 2.45) is 0 Å². The first-order chi connectivity index (χ1) is 9.45. The highest BCUT2D eigenvalue weighted by Gasteiger charge is 2.21. The van der Waals surface area contributed by atoms with E-state index in [-0.39, 0.29) is 10.6 Å². The standard InChI is InChI=1S/C15H13ClF3N/c1-8-4-3-5-9(14(8)19)15(20-2)10-6-12(17)13(18)7-11(10)16/h3-7,15,20H,1-2H3. The fourth-order valence-corrected chi connectivity index (χ4v) is 2.39. The van der Waals surface area contributed by atoms with Gasteiger partial charge >= 0.3 is 0 Å². The van der Waals surface area contributed by atoms with E-state index in [1.807, 2.05) is 0 Å². The number of nitrogens with one attached hydrogen (secondary N) is 1. The fourth-order valence-electron chi connectivity index (χ4n) is 2.13. The topological polar surface area (TPSA) is 12.0 Å². The zero-order chi connectivity index (χ0) is 14.9. The largest absolute Gasteiger partial charge is 0.309 e. The van der Waals surface area contributed by atoms with E-state index in [0.717, 1.165) is 12.1 Å². The van der Waals surface area contributed by atoms with Crippen molar-refractivity contribution in [3.8, 4) is 0 Å². The number of benzene rings is 2. The van der Waals surface area contributed by atoms with Crippen LogP contribution in [0, 0.1) is 24.4 Å². The molecule has 1 N–H and O–H groups in total. The van der Waals surface area contributed by atoms with Gasteiger partial charge in [0.2, 0.25) is 0 Å². The highest BCUT2D eigenvalue weighted by atomic mass is 35.5. The van der Waals surface area contributed by atoms with Crippen molar-refractivity contribution in [3.05, 3.63) is 69.5 Å². The maximum Gasteiger partial charge on any atom is 0.160 e. The van der Waals surface area contributed by atoms with E-state index in [0.29, 0.717) is 11.1 Å². The van der Waals surface area contributed by atoms with Crippen molar-refractivity contribution in [2.45, 2.75) is 13.0 Å². The van der Waals surface area contributed by atoms with E-state index in [1.165, 1.54) is 0 Å². The summed E-state index contributed by atoms with van der Waals surface area (Å²) in [5.74, 6) is -2.44. The Morgan fingerprint density at radius 3 is 2.35 bits per heavy atom. The van der Waals surface area contributed by atoms with E-state index in [1.54, 1.807) is 32.2 Å². The average Bonchev–Trinajstić information content (AvgIpc) is 2.41. The smallest absolute Gasteiger partial charge is 0.160 e. The third kappa shape index (κ3) is 2.67. The van der Waals surface area contributed by atoms with E-state index in [4.69, 9.17) is 11.6 Å². The Morgan fingerprint density at radius 1 is 1.05 bits per heavy atom. The van der Waals surface area contributed by atoms with Gasteiger partial charge < -0.3 is 5.32 Å². The molecule has 2 rings (SSSR count). The van der Waals surface area contributed by atoms with Crippen molar-refractivity contribution in [1.29, 1.82) is 0 Å². The lowest BCUT2D eigenvalue weighted by atomic mass is 9.96. The normalized spacial score (nSPS) is 12.5. The van der Waals surface area contributed by atoms with Crippen LogP contribution in [0.5, 0.6) is 0 Å². The lowest BCUT2D eigenvalue weighted by Gasteiger charge is -2.20. The monoisotopic (exact) mass is 299 g/mol. The zero-order valence-electron chi connectivity index (χ0n) is 11.0. The molecule has 0 aliphatic rings. The Morgan fingerprint density at radius 2 is 1.70 bits per heavy atom. The predicted molar refractivity (Wildman–Crippen MR) is 73.4 cm³/mol. The van der Waals surface area contributed by atoms with Gasteiger partial charge in [0.15, 0.2) is 11.6 Å². The molecule has 1 unspecified atom stereocenters. The van der Waals surface area contributed by atoms with Crippen LogP contribution >= 0.6 is 11.6 Å². The minimum Gasteiger partial charge on any atom is -0.309 e. The first-order valence-electron chi connectivity index (χ1n) is 6.02. The second kappa shape index (κ2) is 5.85. The van der Waals surface area contributed by atoms with Crippen LogP contribution in [-0.2, 0) is 0 Å². The molecule has 0 spiro atoms. The fraction of sp³-hybridized carbons (Fsp3) is 0.200. The van der Waals surface area contributed by atoms with Crippen LogP contribution in [0.25, 0.3) is 0 Å². The zero-order valence-corrected chi connectivity index (χ0v) is 11.7. The van der Waals surface area contributed by atoms with E-state index < -0.39 is 23.5 Å². The second-order valence-electron chi connectivity index (χ2n) is 4.49. The molecule has 2 aromatic rings. The van der Waals surface area contributed by atoms with Crippen molar-refractivity contribution < 1.29 is 13.2 Å². The minimum atomic E-state index is -1.03. The quantitative estimate of drug-likeness (QED) is 0.830. The Kier molecular flexibility index (Phi) is 4.35. The lowest BCUT2D eigenvalue weighted by Crippen LogP contribution is -2.20. The third-order valence-electron chi connectivity index (χ3n) is 3.17. The lowest BCUT2D eigenvalue weighted by molar-refractivity contribution is 0.503. The Hall–Kier alpha value is -1.52. The molecule has 0 aromatic heterocycles. The molecule has 0 heterocycles.